The van der Waals surface area contributed by atoms with Crippen molar-refractivity contribution in [3.05, 3.63) is 96.6 Å². The van der Waals surface area contributed by atoms with Crippen molar-refractivity contribution in [2.75, 3.05) is 7.05 Å². The minimum Gasteiger partial charge on any atom is -0.463 e. The molecule has 0 aliphatic carbocycles. The van der Waals surface area contributed by atoms with Crippen molar-refractivity contribution in [2.45, 2.75) is 26.3 Å². The van der Waals surface area contributed by atoms with Crippen LogP contribution in [-0.4, -0.2) is 33.2 Å². The lowest BCUT2D eigenvalue weighted by molar-refractivity contribution is -0.125. The Kier molecular flexibility index (Phi) is 6.60. The first-order valence-electron chi connectivity index (χ1n) is 10.6. The zero-order valence-electron chi connectivity index (χ0n) is 18.3. The normalized spacial score (nSPS) is 11.5. The molecule has 2 aromatic heterocycles. The fraction of sp³-hybridized carbons (Fsp3) is 0.192. The van der Waals surface area contributed by atoms with Gasteiger partial charge in [-0.2, -0.15) is 0 Å². The van der Waals surface area contributed by atoms with Gasteiger partial charge in [0, 0.05) is 38.7 Å². The third-order valence-electron chi connectivity index (χ3n) is 5.29. The summed E-state index contributed by atoms with van der Waals surface area (Å²) in [6.07, 6.45) is 4.84. The second kappa shape index (κ2) is 9.92. The molecule has 0 bridgehead atoms. The molecular weight excluding hydrogens is 400 g/mol. The Morgan fingerprint density at radius 1 is 1.03 bits per heavy atom. The summed E-state index contributed by atoms with van der Waals surface area (Å²) in [6.45, 7) is 2.07. The quantitative estimate of drug-likeness (QED) is 0.304. The van der Waals surface area contributed by atoms with Crippen LogP contribution < -0.4 is 0 Å². The van der Waals surface area contributed by atoms with E-state index in [-0.39, 0.29) is 5.91 Å². The second-order valence-corrected chi connectivity index (χ2v) is 7.46. The van der Waals surface area contributed by atoms with Gasteiger partial charge >= 0.3 is 0 Å². The molecule has 0 fully saturated rings. The van der Waals surface area contributed by atoms with Gasteiger partial charge < -0.3 is 8.98 Å². The summed E-state index contributed by atoms with van der Waals surface area (Å²) in [4.78, 5) is 23.4. The van der Waals surface area contributed by atoms with Crippen molar-refractivity contribution in [1.82, 2.24) is 14.5 Å². The molecule has 0 spiro atoms. The molecule has 32 heavy (non-hydrogen) atoms. The molecule has 0 atom stereocenters. The van der Waals surface area contributed by atoms with E-state index in [1.165, 1.54) is 0 Å². The Labute approximate surface area is 187 Å². The molecule has 2 heterocycles. The number of aliphatic imine (C=N–C) groups is 1. The number of para-hydroxylation sites is 1. The smallest absolute Gasteiger partial charge is 0.225 e. The van der Waals surface area contributed by atoms with E-state index >= 15 is 0 Å². The third-order valence-corrected chi connectivity index (χ3v) is 5.29. The maximum absolute atomic E-state index is 12.4. The molecule has 0 aliphatic heterocycles. The molecule has 0 saturated heterocycles. The van der Waals surface area contributed by atoms with E-state index in [1.807, 2.05) is 79.0 Å². The lowest BCUT2D eigenvalue weighted by atomic mass is 10.2. The maximum atomic E-state index is 12.4. The number of nitrogens with zero attached hydrogens (tertiary/aromatic N) is 4. The van der Waals surface area contributed by atoms with Crippen molar-refractivity contribution >= 4 is 11.7 Å². The van der Waals surface area contributed by atoms with Crippen LogP contribution in [-0.2, 0) is 17.8 Å². The van der Waals surface area contributed by atoms with Gasteiger partial charge in [0.05, 0.1) is 12.8 Å². The Morgan fingerprint density at radius 3 is 2.38 bits per heavy atom. The number of imidazole rings is 1. The monoisotopic (exact) mass is 426 g/mol. The SMILES string of the molecule is CN=C(CCc1nc(-c2ccco2)cn1-c1ccccc1)N(Cc1ccccc1)C(C)=O. The minimum absolute atomic E-state index is 0.0304. The minimum atomic E-state index is -0.0304. The standard InChI is InChI=1S/C26H26N4O2/c1-20(31)29(18-21-10-5-3-6-11-21)25(27-2)15-16-26-28-23(24-14-9-17-32-24)19-30(26)22-12-7-4-8-13-22/h3-14,17,19H,15-16,18H2,1-2H3. The lowest BCUT2D eigenvalue weighted by Gasteiger charge is -2.23. The zero-order valence-corrected chi connectivity index (χ0v) is 18.3. The summed E-state index contributed by atoms with van der Waals surface area (Å²) in [6, 6.07) is 23.8. The van der Waals surface area contributed by atoms with Crippen LogP contribution in [0, 0.1) is 0 Å². The largest absolute Gasteiger partial charge is 0.463 e. The summed E-state index contributed by atoms with van der Waals surface area (Å²) in [7, 11) is 1.73. The average Bonchev–Trinajstić information content (AvgIpc) is 3.50. The topological polar surface area (TPSA) is 63.6 Å². The van der Waals surface area contributed by atoms with Crippen molar-refractivity contribution < 1.29 is 9.21 Å². The molecule has 0 radical (unpaired) electrons. The summed E-state index contributed by atoms with van der Waals surface area (Å²) in [5, 5.41) is 0. The predicted octanol–water partition coefficient (Wildman–Crippen LogP) is 5.14. The van der Waals surface area contributed by atoms with Gasteiger partial charge in [-0.15, -0.1) is 0 Å². The van der Waals surface area contributed by atoms with Gasteiger partial charge in [-0.3, -0.25) is 14.7 Å². The number of hydrogen-bond donors (Lipinski definition) is 0. The highest BCUT2D eigenvalue weighted by Gasteiger charge is 2.19. The van der Waals surface area contributed by atoms with Crippen LogP contribution in [0.3, 0.4) is 0 Å². The van der Waals surface area contributed by atoms with Gasteiger partial charge in [0.25, 0.3) is 0 Å². The first-order valence-corrected chi connectivity index (χ1v) is 10.6. The molecule has 0 saturated carbocycles. The van der Waals surface area contributed by atoms with E-state index < -0.39 is 0 Å². The number of carbonyl (C=O) groups excluding carboxylic acids is 1. The lowest BCUT2D eigenvalue weighted by Crippen LogP contribution is -2.35. The number of hydrogen-bond acceptors (Lipinski definition) is 4. The summed E-state index contributed by atoms with van der Waals surface area (Å²) < 4.78 is 7.62. The highest BCUT2D eigenvalue weighted by atomic mass is 16.3. The maximum Gasteiger partial charge on any atom is 0.225 e. The zero-order chi connectivity index (χ0) is 22.3. The van der Waals surface area contributed by atoms with E-state index in [4.69, 9.17) is 9.40 Å². The highest BCUT2D eigenvalue weighted by Crippen LogP contribution is 2.23. The van der Waals surface area contributed by atoms with Crippen LogP contribution in [0.2, 0.25) is 0 Å². The Hall–Kier alpha value is -3.93. The molecule has 0 N–H and O–H groups in total. The van der Waals surface area contributed by atoms with Crippen LogP contribution in [0.25, 0.3) is 17.1 Å². The van der Waals surface area contributed by atoms with Gasteiger partial charge in [0.2, 0.25) is 5.91 Å². The number of furan rings is 1. The molecule has 0 unspecified atom stereocenters. The third kappa shape index (κ3) is 4.86. The van der Waals surface area contributed by atoms with E-state index in [1.54, 1.807) is 25.1 Å². The van der Waals surface area contributed by atoms with Crippen molar-refractivity contribution in [2.24, 2.45) is 4.99 Å². The average molecular weight is 427 g/mol. The number of amides is 1. The van der Waals surface area contributed by atoms with Crippen LogP contribution in [0.5, 0.6) is 0 Å². The van der Waals surface area contributed by atoms with Gasteiger partial charge in [-0.05, 0) is 29.8 Å². The van der Waals surface area contributed by atoms with Gasteiger partial charge in [-0.1, -0.05) is 48.5 Å². The molecule has 1 amide bonds. The molecule has 0 aliphatic rings. The van der Waals surface area contributed by atoms with E-state index in [0.717, 1.165) is 34.4 Å². The Balaban J connectivity index is 1.59. The second-order valence-electron chi connectivity index (χ2n) is 7.46. The molecule has 162 valence electrons. The number of amidine groups is 1. The molecule has 6 heteroatoms. The fourth-order valence-corrected chi connectivity index (χ4v) is 3.69. The summed E-state index contributed by atoms with van der Waals surface area (Å²) in [5.74, 6) is 2.31. The fourth-order valence-electron chi connectivity index (χ4n) is 3.69. The van der Waals surface area contributed by atoms with E-state index in [2.05, 4.69) is 9.56 Å². The first-order chi connectivity index (χ1) is 15.7. The molecule has 6 nitrogen and oxygen atoms in total. The number of rotatable bonds is 7. The Bertz CT molecular complexity index is 1180. The number of aryl methyl sites for hydroxylation is 1. The molecule has 2 aromatic carbocycles. The summed E-state index contributed by atoms with van der Waals surface area (Å²) in [5.41, 5.74) is 2.86. The number of carbonyl (C=O) groups is 1. The molecule has 4 aromatic rings. The first kappa shape index (κ1) is 21.3. The van der Waals surface area contributed by atoms with Gasteiger partial charge in [0.15, 0.2) is 5.76 Å². The van der Waals surface area contributed by atoms with E-state index in [9.17, 15) is 4.79 Å². The number of benzene rings is 2. The highest BCUT2D eigenvalue weighted by molar-refractivity contribution is 5.97. The van der Waals surface area contributed by atoms with E-state index in [0.29, 0.717) is 19.4 Å². The van der Waals surface area contributed by atoms with Crippen LogP contribution in [0.4, 0.5) is 0 Å². The van der Waals surface area contributed by atoms with Crippen molar-refractivity contribution in [1.29, 1.82) is 0 Å². The van der Waals surface area contributed by atoms with Crippen LogP contribution in [0.1, 0.15) is 24.7 Å². The number of aromatic nitrogens is 2. The van der Waals surface area contributed by atoms with Gasteiger partial charge in [0.1, 0.15) is 17.4 Å². The van der Waals surface area contributed by atoms with Gasteiger partial charge in [-0.25, -0.2) is 4.98 Å². The summed E-state index contributed by atoms with van der Waals surface area (Å²) >= 11 is 0. The predicted molar refractivity (Wildman–Crippen MR) is 126 cm³/mol. The molecular formula is C26H26N4O2. The van der Waals surface area contributed by atoms with Crippen molar-refractivity contribution in [3.63, 3.8) is 0 Å². The Morgan fingerprint density at radius 2 is 1.75 bits per heavy atom. The van der Waals surface area contributed by atoms with Crippen LogP contribution in [0.15, 0.2) is 94.7 Å². The molecule has 4 rings (SSSR count). The van der Waals surface area contributed by atoms with Crippen LogP contribution >= 0.6 is 0 Å². The van der Waals surface area contributed by atoms with Crippen molar-refractivity contribution in [3.8, 4) is 17.1 Å².